The minimum absolute atomic E-state index is 0.529. The van der Waals surface area contributed by atoms with Crippen LogP contribution in [0.1, 0.15) is 40.0 Å². The Morgan fingerprint density at radius 2 is 1.67 bits per heavy atom. The van der Waals surface area contributed by atoms with E-state index in [1.54, 1.807) is 0 Å². The maximum Gasteiger partial charge on any atom is 0.0222 e. The standard InChI is InChI=1S/C8H17Si/c1-8(2,3)6-4-5-7-9/h4-7H2,1-3H3. The Hall–Kier alpha value is 0.217. The Labute approximate surface area is 62.5 Å². The van der Waals surface area contributed by atoms with E-state index in [0.29, 0.717) is 5.41 Å². The molecule has 53 valence electrons. The monoisotopic (exact) mass is 141 g/mol. The predicted octanol–water partition coefficient (Wildman–Crippen LogP) is 2.79. The summed E-state index contributed by atoms with van der Waals surface area (Å²) in [6.45, 7) is 6.88. The predicted molar refractivity (Wildman–Crippen MR) is 43.9 cm³/mol. The van der Waals surface area contributed by atoms with Crippen LogP contribution >= 0.6 is 0 Å². The van der Waals surface area contributed by atoms with Crippen LogP contribution in [0.15, 0.2) is 0 Å². The molecular weight excluding hydrogens is 124 g/mol. The fraction of sp³-hybridized carbons (Fsp3) is 1.00. The molecule has 0 rings (SSSR count). The lowest BCUT2D eigenvalue weighted by molar-refractivity contribution is 0.363. The molecule has 0 aromatic carbocycles. The Kier molecular flexibility index (Phi) is 4.20. The minimum Gasteiger partial charge on any atom is -0.0638 e. The van der Waals surface area contributed by atoms with Gasteiger partial charge in [-0.3, -0.25) is 0 Å². The zero-order valence-electron chi connectivity index (χ0n) is 6.83. The molecule has 0 aliphatic rings. The van der Waals surface area contributed by atoms with Crippen molar-refractivity contribution in [1.29, 1.82) is 0 Å². The Balaban J connectivity index is 3.07. The molecule has 0 bridgehead atoms. The van der Waals surface area contributed by atoms with Gasteiger partial charge in [0.25, 0.3) is 0 Å². The van der Waals surface area contributed by atoms with Gasteiger partial charge in [0, 0.05) is 10.2 Å². The van der Waals surface area contributed by atoms with Crippen molar-refractivity contribution in [1.82, 2.24) is 0 Å². The topological polar surface area (TPSA) is 0 Å². The minimum atomic E-state index is 0.529. The van der Waals surface area contributed by atoms with Gasteiger partial charge in [0.1, 0.15) is 0 Å². The van der Waals surface area contributed by atoms with Crippen LogP contribution in [-0.2, 0) is 0 Å². The van der Waals surface area contributed by atoms with Gasteiger partial charge in [-0.05, 0) is 11.8 Å². The van der Waals surface area contributed by atoms with Crippen molar-refractivity contribution in [3.63, 3.8) is 0 Å². The zero-order valence-corrected chi connectivity index (χ0v) is 7.83. The smallest absolute Gasteiger partial charge is 0.0222 e. The summed E-state index contributed by atoms with van der Waals surface area (Å²) in [4.78, 5) is 0. The van der Waals surface area contributed by atoms with E-state index in [1.165, 1.54) is 19.3 Å². The maximum atomic E-state index is 3.46. The van der Waals surface area contributed by atoms with Gasteiger partial charge < -0.3 is 0 Å². The molecular formula is C8H17Si. The third-order valence-corrected chi connectivity index (χ3v) is 1.71. The second-order valence-corrected chi connectivity index (χ2v) is 4.27. The van der Waals surface area contributed by atoms with E-state index in [2.05, 4.69) is 31.0 Å². The molecule has 0 fully saturated rings. The highest BCUT2D eigenvalue weighted by atomic mass is 28.1. The van der Waals surface area contributed by atoms with E-state index in [4.69, 9.17) is 0 Å². The molecule has 0 heterocycles. The van der Waals surface area contributed by atoms with E-state index >= 15 is 0 Å². The van der Waals surface area contributed by atoms with Crippen LogP contribution < -0.4 is 0 Å². The Bertz CT molecular complexity index is 61.5. The van der Waals surface area contributed by atoms with Crippen LogP contribution in [0.2, 0.25) is 6.04 Å². The second-order valence-electron chi connectivity index (χ2n) is 3.77. The number of unbranched alkanes of at least 4 members (excludes halogenated alkanes) is 1. The summed E-state index contributed by atoms with van der Waals surface area (Å²) in [6, 6.07) is 1.15. The fourth-order valence-electron chi connectivity index (χ4n) is 0.780. The molecule has 0 amide bonds. The highest BCUT2D eigenvalue weighted by molar-refractivity contribution is 6.08. The first-order valence-electron chi connectivity index (χ1n) is 3.71. The molecule has 0 saturated carbocycles. The number of hydrogen-bond donors (Lipinski definition) is 0. The molecule has 0 unspecified atom stereocenters. The summed E-state index contributed by atoms with van der Waals surface area (Å²) in [5.41, 5.74) is 0.529. The molecule has 3 radical (unpaired) electrons. The van der Waals surface area contributed by atoms with Gasteiger partial charge in [-0.25, -0.2) is 0 Å². The zero-order chi connectivity index (χ0) is 7.33. The number of hydrogen-bond acceptors (Lipinski definition) is 0. The fourth-order valence-corrected chi connectivity index (χ4v) is 1.03. The normalized spacial score (nSPS) is 12.0. The summed E-state index contributed by atoms with van der Waals surface area (Å²) < 4.78 is 0. The molecule has 0 aliphatic heterocycles. The van der Waals surface area contributed by atoms with Crippen molar-refractivity contribution >= 4 is 10.2 Å². The second kappa shape index (κ2) is 4.10. The molecule has 0 aromatic heterocycles. The third kappa shape index (κ3) is 8.22. The van der Waals surface area contributed by atoms with E-state index in [-0.39, 0.29) is 0 Å². The molecule has 0 nitrogen and oxygen atoms in total. The molecule has 9 heavy (non-hydrogen) atoms. The van der Waals surface area contributed by atoms with Crippen molar-refractivity contribution in [2.24, 2.45) is 5.41 Å². The average molecular weight is 141 g/mol. The number of rotatable bonds is 3. The van der Waals surface area contributed by atoms with Gasteiger partial charge in [0.15, 0.2) is 0 Å². The summed E-state index contributed by atoms with van der Waals surface area (Å²) in [6.07, 6.45) is 4.01. The van der Waals surface area contributed by atoms with Gasteiger partial charge in [0.05, 0.1) is 0 Å². The summed E-state index contributed by atoms with van der Waals surface area (Å²) in [5.74, 6) is 0. The first-order valence-corrected chi connectivity index (χ1v) is 4.41. The van der Waals surface area contributed by atoms with Crippen LogP contribution in [0.25, 0.3) is 0 Å². The van der Waals surface area contributed by atoms with Crippen LogP contribution in [0, 0.1) is 5.41 Å². The lowest BCUT2D eigenvalue weighted by Gasteiger charge is -2.16. The molecule has 0 aromatic rings. The molecule has 0 atom stereocenters. The van der Waals surface area contributed by atoms with Gasteiger partial charge in [-0.1, -0.05) is 39.7 Å². The van der Waals surface area contributed by atoms with Crippen LogP contribution in [-0.4, -0.2) is 10.2 Å². The first-order chi connectivity index (χ1) is 4.06. The van der Waals surface area contributed by atoms with E-state index < -0.39 is 0 Å². The van der Waals surface area contributed by atoms with Crippen LogP contribution in [0.5, 0.6) is 0 Å². The van der Waals surface area contributed by atoms with E-state index in [0.717, 1.165) is 6.04 Å². The van der Waals surface area contributed by atoms with Crippen molar-refractivity contribution in [3.8, 4) is 0 Å². The van der Waals surface area contributed by atoms with Crippen LogP contribution in [0.3, 0.4) is 0 Å². The first kappa shape index (κ1) is 9.22. The molecule has 0 spiro atoms. The third-order valence-electron chi connectivity index (χ3n) is 1.35. The van der Waals surface area contributed by atoms with Gasteiger partial charge in [-0.15, -0.1) is 0 Å². The lowest BCUT2D eigenvalue weighted by atomic mass is 9.90. The van der Waals surface area contributed by atoms with Crippen molar-refractivity contribution in [3.05, 3.63) is 0 Å². The average Bonchev–Trinajstić information content (AvgIpc) is 1.63. The van der Waals surface area contributed by atoms with Gasteiger partial charge in [0.2, 0.25) is 0 Å². The van der Waals surface area contributed by atoms with Crippen molar-refractivity contribution in [2.45, 2.75) is 46.1 Å². The maximum absolute atomic E-state index is 3.46. The molecule has 0 N–H and O–H groups in total. The van der Waals surface area contributed by atoms with Gasteiger partial charge in [-0.2, -0.15) is 0 Å². The molecule has 0 aliphatic carbocycles. The SMILES string of the molecule is CC(C)(C)CCCC[Si]. The molecule has 1 heteroatoms. The van der Waals surface area contributed by atoms with Crippen molar-refractivity contribution < 1.29 is 0 Å². The van der Waals surface area contributed by atoms with E-state index in [9.17, 15) is 0 Å². The summed E-state index contributed by atoms with van der Waals surface area (Å²) in [5, 5.41) is 0. The largest absolute Gasteiger partial charge is 0.0638 e. The Morgan fingerprint density at radius 1 is 1.11 bits per heavy atom. The van der Waals surface area contributed by atoms with Crippen molar-refractivity contribution in [2.75, 3.05) is 0 Å². The summed E-state index contributed by atoms with van der Waals surface area (Å²) in [7, 11) is 3.46. The summed E-state index contributed by atoms with van der Waals surface area (Å²) >= 11 is 0. The Morgan fingerprint density at radius 3 is 2.00 bits per heavy atom. The highest BCUT2D eigenvalue weighted by Gasteiger charge is 2.07. The highest BCUT2D eigenvalue weighted by Crippen LogP contribution is 2.21. The van der Waals surface area contributed by atoms with Crippen LogP contribution in [0.4, 0.5) is 0 Å². The van der Waals surface area contributed by atoms with Gasteiger partial charge >= 0.3 is 0 Å². The lowest BCUT2D eigenvalue weighted by Crippen LogP contribution is -2.03. The quantitative estimate of drug-likeness (QED) is 0.419. The molecule has 0 saturated heterocycles. The van der Waals surface area contributed by atoms with E-state index in [1.807, 2.05) is 0 Å².